The molecule has 0 amide bonds. The molecule has 2 aromatic heterocycles. The maximum absolute atomic E-state index is 7.11. The van der Waals surface area contributed by atoms with Crippen LogP contribution in [0.3, 0.4) is 0 Å². The average molecular weight is 976 g/mol. The summed E-state index contributed by atoms with van der Waals surface area (Å²) in [5, 5.41) is 4.81. The quantitative estimate of drug-likeness (QED) is 0.161. The lowest BCUT2D eigenvalue weighted by molar-refractivity contribution is 0.590. The minimum absolute atomic E-state index is 0.0167. The molecule has 0 aliphatic carbocycles. The number of hydrogen-bond donors (Lipinski definition) is 0. The highest BCUT2D eigenvalue weighted by atomic mass is 16.3. The van der Waals surface area contributed by atoms with Crippen molar-refractivity contribution < 1.29 is 4.42 Å². The number of hydrogen-bond acceptors (Lipinski definition) is 3. The molecule has 0 saturated carbocycles. The number of para-hydroxylation sites is 2. The van der Waals surface area contributed by atoms with Crippen LogP contribution in [0.4, 0.5) is 28.4 Å². The number of anilines is 5. The molecular formula is C70H66BN3O. The Balaban J connectivity index is 1.17. The lowest BCUT2D eigenvalue weighted by Crippen LogP contribution is -2.60. The van der Waals surface area contributed by atoms with Gasteiger partial charge in [-0.3, -0.25) is 0 Å². The van der Waals surface area contributed by atoms with Crippen LogP contribution in [0.2, 0.25) is 0 Å². The molecule has 0 bridgehead atoms. The first-order chi connectivity index (χ1) is 35.7. The second kappa shape index (κ2) is 16.4. The van der Waals surface area contributed by atoms with Crippen LogP contribution in [0.15, 0.2) is 186 Å². The van der Waals surface area contributed by atoms with Crippen molar-refractivity contribution in [3.63, 3.8) is 0 Å². The lowest BCUT2D eigenvalue weighted by atomic mass is 9.43. The van der Waals surface area contributed by atoms with Gasteiger partial charge in [-0.05, 0) is 150 Å². The molecule has 4 nitrogen and oxygen atoms in total. The van der Waals surface area contributed by atoms with Gasteiger partial charge < -0.3 is 18.7 Å². The van der Waals surface area contributed by atoms with E-state index in [9.17, 15) is 0 Å². The number of fused-ring (bicyclic) bond motifs is 10. The molecule has 0 unspecified atom stereocenters. The van der Waals surface area contributed by atoms with E-state index in [2.05, 4.69) is 279 Å². The van der Waals surface area contributed by atoms with Gasteiger partial charge in [0.25, 0.3) is 0 Å². The fourth-order valence-corrected chi connectivity index (χ4v) is 12.2. The molecule has 4 heterocycles. The second-order valence-electron chi connectivity index (χ2n) is 25.5. The van der Waals surface area contributed by atoms with Crippen LogP contribution in [-0.2, 0) is 21.7 Å². The fourth-order valence-electron chi connectivity index (χ4n) is 12.2. The van der Waals surface area contributed by atoms with Gasteiger partial charge in [0, 0.05) is 55.5 Å². The first kappa shape index (κ1) is 47.0. The van der Waals surface area contributed by atoms with E-state index >= 15 is 0 Å². The second-order valence-corrected chi connectivity index (χ2v) is 25.5. The summed E-state index contributed by atoms with van der Waals surface area (Å²) in [5.74, 6) is 0. The summed E-state index contributed by atoms with van der Waals surface area (Å²) in [6.45, 7) is 27.6. The van der Waals surface area contributed by atoms with Crippen molar-refractivity contribution in [1.29, 1.82) is 0 Å². The van der Waals surface area contributed by atoms with E-state index in [0.717, 1.165) is 50.4 Å². The molecule has 13 rings (SSSR count). The van der Waals surface area contributed by atoms with E-state index in [1.54, 1.807) is 0 Å². The molecule has 0 saturated heterocycles. The first-order valence-corrected chi connectivity index (χ1v) is 26.9. The van der Waals surface area contributed by atoms with Gasteiger partial charge in [-0.15, -0.1) is 0 Å². The van der Waals surface area contributed by atoms with Crippen molar-refractivity contribution in [2.75, 3.05) is 9.71 Å². The smallest absolute Gasteiger partial charge is 0.333 e. The molecule has 0 atom stereocenters. The maximum Gasteiger partial charge on any atom is 0.333 e. The van der Waals surface area contributed by atoms with Gasteiger partial charge in [-0.25, -0.2) is 0 Å². The third-order valence-electron chi connectivity index (χ3n) is 16.4. The minimum Gasteiger partial charge on any atom is -0.454 e. The third-order valence-corrected chi connectivity index (χ3v) is 16.4. The predicted octanol–water partition coefficient (Wildman–Crippen LogP) is 18.2. The minimum atomic E-state index is -0.226. The van der Waals surface area contributed by atoms with Gasteiger partial charge in [-0.1, -0.05) is 186 Å². The van der Waals surface area contributed by atoms with Crippen molar-refractivity contribution >= 4 is 90.0 Å². The molecule has 11 aromatic rings. The Morgan fingerprint density at radius 3 is 1.64 bits per heavy atom. The topological polar surface area (TPSA) is 24.6 Å². The highest BCUT2D eigenvalue weighted by Crippen LogP contribution is 2.51. The van der Waals surface area contributed by atoms with Crippen LogP contribution in [0.1, 0.15) is 105 Å². The number of aromatic nitrogens is 1. The summed E-state index contributed by atoms with van der Waals surface area (Å²) in [6.07, 6.45) is 0. The number of rotatable bonds is 5. The van der Waals surface area contributed by atoms with Crippen LogP contribution in [0.25, 0.3) is 71.7 Å². The Morgan fingerprint density at radius 2 is 0.987 bits per heavy atom. The molecule has 75 heavy (non-hydrogen) atoms. The normalized spacial score (nSPS) is 13.5. The fraction of sp³-hybridized carbons (Fsp3) is 0.229. The number of benzene rings is 9. The molecule has 2 aliphatic heterocycles. The highest BCUT2D eigenvalue weighted by Gasteiger charge is 2.46. The standard InChI is InChI=1S/C70H66BN3O/c1-67(2,3)45-25-30-49(31-26-45)72(50-32-27-46(28-33-50)68(4,5)6)51-34-35-52-56-37-44(43-19-14-13-15-20-43)38-62-64(56)71(74(61(52)42-51)60-23-18-22-54-53-21-16-17-24-63(53)75-66(54)60)58-41-48(70(10,11)12)40-57-55-39-47(69(7,8)9)29-36-59(55)73(62)65(57)58/h13-42H,1-12H3. The zero-order valence-corrected chi connectivity index (χ0v) is 45.6. The molecule has 0 spiro atoms. The van der Waals surface area contributed by atoms with Crippen LogP contribution in [0, 0.1) is 0 Å². The molecule has 0 radical (unpaired) electrons. The molecule has 0 fully saturated rings. The Morgan fingerprint density at radius 1 is 0.400 bits per heavy atom. The Kier molecular flexibility index (Phi) is 10.3. The van der Waals surface area contributed by atoms with E-state index in [1.807, 2.05) is 0 Å². The summed E-state index contributed by atoms with van der Waals surface area (Å²) in [5.41, 5.74) is 23.5. The summed E-state index contributed by atoms with van der Waals surface area (Å²) in [6, 6.07) is 69.1. The molecule has 9 aromatic carbocycles. The monoisotopic (exact) mass is 976 g/mol. The molecule has 5 heteroatoms. The van der Waals surface area contributed by atoms with Crippen molar-refractivity contribution in [2.24, 2.45) is 0 Å². The zero-order chi connectivity index (χ0) is 52.1. The van der Waals surface area contributed by atoms with E-state index in [-0.39, 0.29) is 28.5 Å². The number of nitrogens with zero attached hydrogens (tertiary/aromatic N) is 3. The Hall–Kier alpha value is -7.76. The molecular weight excluding hydrogens is 910 g/mol. The van der Waals surface area contributed by atoms with Gasteiger partial charge in [0.2, 0.25) is 0 Å². The molecule has 0 N–H and O–H groups in total. The molecule has 370 valence electrons. The Labute approximate surface area is 443 Å². The maximum atomic E-state index is 7.11. The first-order valence-electron chi connectivity index (χ1n) is 26.9. The molecule has 2 aliphatic rings. The Bertz CT molecular complexity index is 4030. The van der Waals surface area contributed by atoms with E-state index in [1.165, 1.54) is 82.9 Å². The van der Waals surface area contributed by atoms with Crippen LogP contribution < -0.4 is 20.6 Å². The average Bonchev–Trinajstić information content (AvgIpc) is 3.99. The SMILES string of the molecule is CC(C)(C)c1ccc(N(c2ccc(C(C)(C)C)cc2)c2ccc3c(c2)N(c2cccc4c2oc2ccccc24)B2c4c-3cc(-c3ccccc3)cc4-n3c4ccc(C(C)(C)C)cc4c4cc(C(C)(C)C)cc2c43)cc1. The summed E-state index contributed by atoms with van der Waals surface area (Å²) in [7, 11) is 0. The van der Waals surface area contributed by atoms with Gasteiger partial charge in [0.1, 0.15) is 5.58 Å². The zero-order valence-electron chi connectivity index (χ0n) is 45.6. The van der Waals surface area contributed by atoms with Crippen molar-refractivity contribution in [2.45, 2.75) is 105 Å². The van der Waals surface area contributed by atoms with Gasteiger partial charge in [0.15, 0.2) is 5.58 Å². The van der Waals surface area contributed by atoms with Crippen LogP contribution >= 0.6 is 0 Å². The van der Waals surface area contributed by atoms with Crippen LogP contribution in [-0.4, -0.2) is 11.4 Å². The van der Waals surface area contributed by atoms with Gasteiger partial charge in [0.05, 0.1) is 16.7 Å². The number of furan rings is 1. The third kappa shape index (κ3) is 7.48. The van der Waals surface area contributed by atoms with Gasteiger partial charge >= 0.3 is 6.85 Å². The van der Waals surface area contributed by atoms with Crippen molar-refractivity contribution in [3.8, 4) is 27.9 Å². The summed E-state index contributed by atoms with van der Waals surface area (Å²) < 4.78 is 9.72. The van der Waals surface area contributed by atoms with E-state index < -0.39 is 0 Å². The largest absolute Gasteiger partial charge is 0.454 e. The predicted molar refractivity (Wildman–Crippen MR) is 322 cm³/mol. The van der Waals surface area contributed by atoms with Gasteiger partial charge in [-0.2, -0.15) is 0 Å². The highest BCUT2D eigenvalue weighted by molar-refractivity contribution is 6.93. The van der Waals surface area contributed by atoms with E-state index in [0.29, 0.717) is 0 Å². The van der Waals surface area contributed by atoms with E-state index in [4.69, 9.17) is 4.42 Å². The summed E-state index contributed by atoms with van der Waals surface area (Å²) in [4.78, 5) is 5.11. The van der Waals surface area contributed by atoms with Crippen molar-refractivity contribution in [3.05, 3.63) is 204 Å². The van der Waals surface area contributed by atoms with Crippen molar-refractivity contribution in [1.82, 2.24) is 4.57 Å². The summed E-state index contributed by atoms with van der Waals surface area (Å²) >= 11 is 0. The lowest BCUT2D eigenvalue weighted by Gasteiger charge is -2.43. The van der Waals surface area contributed by atoms with Crippen LogP contribution in [0.5, 0.6) is 0 Å².